The molecule has 1 heterocycles. The predicted octanol–water partition coefficient (Wildman–Crippen LogP) is 3.43. The van der Waals surface area contributed by atoms with Gasteiger partial charge in [0.25, 0.3) is 0 Å². The zero-order valence-corrected chi connectivity index (χ0v) is 13.2. The molecule has 0 radical (unpaired) electrons. The normalized spacial score (nSPS) is 17.0. The zero-order valence-electron chi connectivity index (χ0n) is 13.2. The Hall–Kier alpha value is -3.08. The summed E-state index contributed by atoms with van der Waals surface area (Å²) < 4.78 is 5.27. The number of ketones is 1. The first kappa shape index (κ1) is 15.8. The number of carbonyl (C=O) groups excluding carboxylic acids is 1. The van der Waals surface area contributed by atoms with Crippen molar-refractivity contribution in [2.45, 2.75) is 12.5 Å². The number of allylic oxidation sites excluding steroid dienone is 1. The van der Waals surface area contributed by atoms with Crippen molar-refractivity contribution in [2.75, 3.05) is 12.0 Å². The van der Waals surface area contributed by atoms with Gasteiger partial charge in [0.2, 0.25) is 0 Å². The smallest absolute Gasteiger partial charge is 0.335 e. The number of rotatable bonds is 4. The first-order chi connectivity index (χ1) is 11.6. The second kappa shape index (κ2) is 6.58. The highest BCUT2D eigenvalue weighted by molar-refractivity contribution is 5.93. The number of methoxy groups -OCH3 is 1. The number of aromatic carboxylic acids is 1. The lowest BCUT2D eigenvalue weighted by molar-refractivity contribution is -0.115. The number of nitrogens with zero attached hydrogens (tertiary/aromatic N) is 1. The Kier molecular flexibility index (Phi) is 4.33. The number of hydrogen-bond donors (Lipinski definition) is 1. The maximum Gasteiger partial charge on any atom is 0.335 e. The lowest BCUT2D eigenvalue weighted by Gasteiger charge is -2.33. The minimum absolute atomic E-state index is 0.0567. The van der Waals surface area contributed by atoms with Crippen LogP contribution in [0.3, 0.4) is 0 Å². The molecule has 0 amide bonds. The van der Waals surface area contributed by atoms with Crippen LogP contribution in [-0.2, 0) is 4.79 Å². The highest BCUT2D eigenvalue weighted by atomic mass is 16.5. The van der Waals surface area contributed by atoms with Crippen molar-refractivity contribution in [3.63, 3.8) is 0 Å². The summed E-state index contributed by atoms with van der Waals surface area (Å²) in [6, 6.07) is 14.1. The Bertz CT molecular complexity index is 795. The van der Waals surface area contributed by atoms with E-state index < -0.39 is 5.97 Å². The van der Waals surface area contributed by atoms with Crippen LogP contribution in [0, 0.1) is 0 Å². The summed E-state index contributed by atoms with van der Waals surface area (Å²) in [5, 5.41) is 9.02. The van der Waals surface area contributed by atoms with Crippen LogP contribution < -0.4 is 9.64 Å². The van der Waals surface area contributed by atoms with Gasteiger partial charge >= 0.3 is 5.97 Å². The summed E-state index contributed by atoms with van der Waals surface area (Å²) in [4.78, 5) is 24.9. The van der Waals surface area contributed by atoms with Gasteiger partial charge in [-0.15, -0.1) is 0 Å². The van der Waals surface area contributed by atoms with Crippen molar-refractivity contribution < 1.29 is 19.4 Å². The number of carboxylic acid groups (broad SMARTS) is 1. The molecule has 2 aromatic carbocycles. The van der Waals surface area contributed by atoms with Crippen molar-refractivity contribution in [3.05, 3.63) is 71.9 Å². The van der Waals surface area contributed by atoms with Gasteiger partial charge in [0.05, 0.1) is 18.7 Å². The average Bonchev–Trinajstić information content (AvgIpc) is 2.62. The van der Waals surface area contributed by atoms with Gasteiger partial charge < -0.3 is 14.7 Å². The predicted molar refractivity (Wildman–Crippen MR) is 90.4 cm³/mol. The van der Waals surface area contributed by atoms with E-state index in [-0.39, 0.29) is 17.4 Å². The molecule has 24 heavy (non-hydrogen) atoms. The molecule has 0 saturated carbocycles. The fourth-order valence-corrected chi connectivity index (χ4v) is 2.79. The van der Waals surface area contributed by atoms with E-state index in [9.17, 15) is 9.59 Å². The van der Waals surface area contributed by atoms with Crippen molar-refractivity contribution in [3.8, 4) is 5.75 Å². The first-order valence-corrected chi connectivity index (χ1v) is 7.55. The Labute approximate surface area is 139 Å². The third-order valence-corrected chi connectivity index (χ3v) is 4.04. The van der Waals surface area contributed by atoms with E-state index in [0.29, 0.717) is 6.42 Å². The lowest BCUT2D eigenvalue weighted by atomic mass is 9.96. The summed E-state index contributed by atoms with van der Waals surface area (Å²) in [6.45, 7) is 0. The minimum atomic E-state index is -0.963. The lowest BCUT2D eigenvalue weighted by Crippen LogP contribution is -2.29. The van der Waals surface area contributed by atoms with Crippen LogP contribution in [0.4, 0.5) is 5.69 Å². The number of carbonyl (C=O) groups is 2. The van der Waals surface area contributed by atoms with E-state index in [0.717, 1.165) is 17.0 Å². The van der Waals surface area contributed by atoms with Crippen LogP contribution >= 0.6 is 0 Å². The molecule has 0 fully saturated rings. The molecule has 2 aromatic rings. The molecular weight excluding hydrogens is 306 g/mol. The van der Waals surface area contributed by atoms with Gasteiger partial charge in [-0.05, 0) is 48.0 Å². The maximum atomic E-state index is 11.9. The number of benzene rings is 2. The van der Waals surface area contributed by atoms with Gasteiger partial charge in [-0.25, -0.2) is 4.79 Å². The fraction of sp³-hybridized carbons (Fsp3) is 0.158. The van der Waals surface area contributed by atoms with E-state index in [2.05, 4.69) is 0 Å². The zero-order chi connectivity index (χ0) is 17.1. The summed E-state index contributed by atoms with van der Waals surface area (Å²) >= 11 is 0. The Morgan fingerprint density at radius 3 is 2.62 bits per heavy atom. The monoisotopic (exact) mass is 323 g/mol. The molecule has 1 aliphatic heterocycles. The van der Waals surface area contributed by atoms with Crippen LogP contribution in [0.2, 0.25) is 0 Å². The van der Waals surface area contributed by atoms with E-state index >= 15 is 0 Å². The summed E-state index contributed by atoms with van der Waals surface area (Å²) in [7, 11) is 1.60. The first-order valence-electron chi connectivity index (χ1n) is 7.55. The summed E-state index contributed by atoms with van der Waals surface area (Å²) in [5.41, 5.74) is 2.03. The fourth-order valence-electron chi connectivity index (χ4n) is 2.79. The molecule has 5 heteroatoms. The largest absolute Gasteiger partial charge is 0.497 e. The number of hydrogen-bond acceptors (Lipinski definition) is 4. The standard InChI is InChI=1S/C19H17NO4/c1-24-17-4-2-3-14(11-17)18-12-16(21)9-10-20(18)15-7-5-13(6-8-15)19(22)23/h2-11,18H,12H2,1H3,(H,22,23). The molecule has 0 spiro atoms. The molecule has 5 nitrogen and oxygen atoms in total. The van der Waals surface area contributed by atoms with Crippen molar-refractivity contribution in [1.29, 1.82) is 0 Å². The summed E-state index contributed by atoms with van der Waals surface area (Å²) in [5.74, 6) is -0.174. The molecule has 3 rings (SSSR count). The Balaban J connectivity index is 1.98. The molecule has 0 aliphatic carbocycles. The maximum absolute atomic E-state index is 11.9. The highest BCUT2D eigenvalue weighted by Gasteiger charge is 2.25. The topological polar surface area (TPSA) is 66.8 Å². The van der Waals surface area contributed by atoms with Crippen molar-refractivity contribution >= 4 is 17.4 Å². The SMILES string of the molecule is COc1cccc(C2CC(=O)C=CN2c2ccc(C(=O)O)cc2)c1. The molecule has 1 N–H and O–H groups in total. The van der Waals surface area contributed by atoms with Crippen LogP contribution in [0.5, 0.6) is 5.75 Å². The molecule has 0 aromatic heterocycles. The molecule has 1 unspecified atom stereocenters. The van der Waals surface area contributed by atoms with Gasteiger partial charge in [-0.3, -0.25) is 4.79 Å². The molecule has 122 valence electrons. The molecule has 0 bridgehead atoms. The van der Waals surface area contributed by atoms with Crippen LogP contribution in [-0.4, -0.2) is 24.0 Å². The van der Waals surface area contributed by atoms with Gasteiger partial charge in [0, 0.05) is 18.3 Å². The van der Waals surface area contributed by atoms with E-state index in [1.807, 2.05) is 29.2 Å². The Morgan fingerprint density at radius 1 is 1.21 bits per heavy atom. The highest BCUT2D eigenvalue weighted by Crippen LogP contribution is 2.34. The van der Waals surface area contributed by atoms with Crippen LogP contribution in [0.25, 0.3) is 0 Å². The van der Waals surface area contributed by atoms with Gasteiger partial charge in [-0.1, -0.05) is 12.1 Å². The average molecular weight is 323 g/mol. The van der Waals surface area contributed by atoms with Crippen molar-refractivity contribution in [1.82, 2.24) is 0 Å². The molecule has 0 saturated heterocycles. The number of anilines is 1. The molecular formula is C19H17NO4. The van der Waals surface area contributed by atoms with E-state index in [1.54, 1.807) is 43.7 Å². The second-order valence-corrected chi connectivity index (χ2v) is 5.54. The molecule has 1 atom stereocenters. The molecule has 1 aliphatic rings. The van der Waals surface area contributed by atoms with Gasteiger partial charge in [-0.2, -0.15) is 0 Å². The van der Waals surface area contributed by atoms with Crippen LogP contribution in [0.1, 0.15) is 28.4 Å². The quantitative estimate of drug-likeness (QED) is 0.934. The summed E-state index contributed by atoms with van der Waals surface area (Å²) in [6.07, 6.45) is 3.64. The Morgan fingerprint density at radius 2 is 1.96 bits per heavy atom. The van der Waals surface area contributed by atoms with E-state index in [4.69, 9.17) is 9.84 Å². The van der Waals surface area contributed by atoms with Gasteiger partial charge in [0.15, 0.2) is 5.78 Å². The minimum Gasteiger partial charge on any atom is -0.497 e. The third-order valence-electron chi connectivity index (χ3n) is 4.04. The van der Waals surface area contributed by atoms with Crippen molar-refractivity contribution in [2.24, 2.45) is 0 Å². The van der Waals surface area contributed by atoms with Gasteiger partial charge in [0.1, 0.15) is 5.75 Å². The number of ether oxygens (including phenoxy) is 1. The van der Waals surface area contributed by atoms with Crippen LogP contribution in [0.15, 0.2) is 60.8 Å². The van der Waals surface area contributed by atoms with E-state index in [1.165, 1.54) is 0 Å². The third kappa shape index (κ3) is 3.15. The number of carboxylic acids is 1. The second-order valence-electron chi connectivity index (χ2n) is 5.54.